The fraction of sp³-hybridized carbons (Fsp3) is 0.0769. The van der Waals surface area contributed by atoms with Crippen LogP contribution in [-0.4, -0.2) is 20.1 Å². The van der Waals surface area contributed by atoms with Crippen molar-refractivity contribution < 1.29 is 5.11 Å². The molecule has 0 atom stereocenters. The Morgan fingerprint density at radius 3 is 2.29 bits per heavy atom. The fourth-order valence-corrected chi connectivity index (χ4v) is 1.75. The van der Waals surface area contributed by atoms with Crippen molar-refractivity contribution in [3.63, 3.8) is 0 Å². The van der Waals surface area contributed by atoms with Gasteiger partial charge in [0.2, 0.25) is 0 Å². The average Bonchev–Trinajstić information content (AvgIpc) is 2.82. The molecule has 0 radical (unpaired) electrons. The van der Waals surface area contributed by atoms with Crippen LogP contribution in [0.2, 0.25) is 0 Å². The lowest BCUT2D eigenvalue weighted by Crippen LogP contribution is -1.99. The Balaban J connectivity index is 2.13. The summed E-state index contributed by atoms with van der Waals surface area (Å²) in [6.07, 6.45) is 0. The molecule has 84 valence electrons. The van der Waals surface area contributed by atoms with E-state index in [1.807, 2.05) is 48.5 Å². The van der Waals surface area contributed by atoms with Gasteiger partial charge in [-0.1, -0.05) is 24.3 Å². The minimum Gasteiger partial charge on any atom is -0.392 e. The summed E-state index contributed by atoms with van der Waals surface area (Å²) >= 11 is 0. The Morgan fingerprint density at radius 1 is 0.941 bits per heavy atom. The van der Waals surface area contributed by atoms with E-state index in [9.17, 15) is 0 Å². The van der Waals surface area contributed by atoms with Crippen LogP contribution < -0.4 is 0 Å². The van der Waals surface area contributed by atoms with Crippen molar-refractivity contribution in [3.05, 3.63) is 54.1 Å². The smallest absolute Gasteiger partial charge is 0.113 e. The van der Waals surface area contributed by atoms with Crippen molar-refractivity contribution in [1.29, 1.82) is 0 Å². The van der Waals surface area contributed by atoms with Gasteiger partial charge in [0.25, 0.3) is 0 Å². The Bertz CT molecular complexity index is 627. The lowest BCUT2D eigenvalue weighted by atomic mass is 10.2. The molecule has 0 saturated heterocycles. The van der Waals surface area contributed by atoms with Gasteiger partial charge in [-0.2, -0.15) is 4.80 Å². The number of benzene rings is 2. The summed E-state index contributed by atoms with van der Waals surface area (Å²) in [6, 6.07) is 15.3. The van der Waals surface area contributed by atoms with Gasteiger partial charge in [-0.05, 0) is 29.8 Å². The zero-order valence-electron chi connectivity index (χ0n) is 9.11. The highest BCUT2D eigenvalue weighted by Gasteiger charge is 2.03. The molecule has 0 aliphatic carbocycles. The lowest BCUT2D eigenvalue weighted by molar-refractivity contribution is 0.282. The average molecular weight is 225 g/mol. The van der Waals surface area contributed by atoms with Gasteiger partial charge in [-0.25, -0.2) is 0 Å². The van der Waals surface area contributed by atoms with Crippen molar-refractivity contribution >= 4 is 11.0 Å². The quantitative estimate of drug-likeness (QED) is 0.724. The first-order valence-corrected chi connectivity index (χ1v) is 5.39. The molecule has 1 aromatic heterocycles. The summed E-state index contributed by atoms with van der Waals surface area (Å²) < 4.78 is 0. The molecule has 0 aliphatic heterocycles. The molecular weight excluding hydrogens is 214 g/mol. The Hall–Kier alpha value is -2.20. The van der Waals surface area contributed by atoms with E-state index in [-0.39, 0.29) is 6.61 Å². The molecule has 0 unspecified atom stereocenters. The Kier molecular flexibility index (Phi) is 2.34. The molecule has 0 saturated carbocycles. The molecule has 0 spiro atoms. The number of rotatable bonds is 2. The number of aliphatic hydroxyl groups excluding tert-OH is 1. The van der Waals surface area contributed by atoms with Gasteiger partial charge in [0.15, 0.2) is 0 Å². The maximum absolute atomic E-state index is 9.10. The molecule has 3 rings (SSSR count). The summed E-state index contributed by atoms with van der Waals surface area (Å²) in [7, 11) is 0. The van der Waals surface area contributed by atoms with Crippen molar-refractivity contribution in [3.8, 4) is 5.69 Å². The second-order valence-electron chi connectivity index (χ2n) is 3.81. The van der Waals surface area contributed by atoms with E-state index in [1.54, 1.807) is 4.80 Å². The maximum atomic E-state index is 9.10. The summed E-state index contributed by atoms with van der Waals surface area (Å²) in [5.74, 6) is 0. The van der Waals surface area contributed by atoms with Gasteiger partial charge >= 0.3 is 0 Å². The van der Waals surface area contributed by atoms with Gasteiger partial charge in [-0.15, -0.1) is 10.2 Å². The van der Waals surface area contributed by atoms with Gasteiger partial charge in [0.05, 0.1) is 12.3 Å². The summed E-state index contributed by atoms with van der Waals surface area (Å²) in [4.78, 5) is 1.59. The predicted octanol–water partition coefficient (Wildman–Crippen LogP) is 1.91. The van der Waals surface area contributed by atoms with Crippen LogP contribution in [0.3, 0.4) is 0 Å². The third-order valence-corrected chi connectivity index (χ3v) is 2.61. The minimum atomic E-state index is 0.0224. The van der Waals surface area contributed by atoms with Crippen molar-refractivity contribution in [2.24, 2.45) is 0 Å². The topological polar surface area (TPSA) is 50.9 Å². The molecule has 0 amide bonds. The molecule has 2 aromatic carbocycles. The van der Waals surface area contributed by atoms with E-state index in [4.69, 9.17) is 5.11 Å². The van der Waals surface area contributed by atoms with Crippen LogP contribution in [-0.2, 0) is 6.61 Å². The number of aliphatic hydroxyl groups is 1. The number of aromatic nitrogens is 3. The van der Waals surface area contributed by atoms with Gasteiger partial charge in [0.1, 0.15) is 11.0 Å². The molecule has 4 nitrogen and oxygen atoms in total. The molecule has 0 fully saturated rings. The molecular formula is C13H11N3O. The van der Waals surface area contributed by atoms with Crippen molar-refractivity contribution in [2.75, 3.05) is 0 Å². The summed E-state index contributed by atoms with van der Waals surface area (Å²) in [5.41, 5.74) is 3.43. The number of fused-ring (bicyclic) bond motifs is 1. The number of hydrogen-bond donors (Lipinski definition) is 1. The van der Waals surface area contributed by atoms with Crippen LogP contribution in [0.5, 0.6) is 0 Å². The largest absolute Gasteiger partial charge is 0.392 e. The van der Waals surface area contributed by atoms with E-state index >= 15 is 0 Å². The molecule has 3 aromatic rings. The number of nitrogens with zero attached hydrogens (tertiary/aromatic N) is 3. The molecule has 17 heavy (non-hydrogen) atoms. The van der Waals surface area contributed by atoms with Crippen LogP contribution in [0.1, 0.15) is 5.56 Å². The third kappa shape index (κ3) is 1.79. The predicted molar refractivity (Wildman–Crippen MR) is 64.8 cm³/mol. The monoisotopic (exact) mass is 225 g/mol. The van der Waals surface area contributed by atoms with Crippen LogP contribution >= 0.6 is 0 Å². The molecule has 0 bridgehead atoms. The minimum absolute atomic E-state index is 0.0224. The summed E-state index contributed by atoms with van der Waals surface area (Å²) in [5, 5.41) is 17.9. The highest BCUT2D eigenvalue weighted by Crippen LogP contribution is 2.13. The van der Waals surface area contributed by atoms with Gasteiger partial charge in [-0.3, -0.25) is 0 Å². The van der Waals surface area contributed by atoms with E-state index in [0.29, 0.717) is 0 Å². The molecule has 4 heteroatoms. The Morgan fingerprint density at radius 2 is 1.65 bits per heavy atom. The SMILES string of the molecule is OCc1cccc(-n2nc3ccccc3n2)c1. The van der Waals surface area contributed by atoms with E-state index in [1.165, 1.54) is 0 Å². The van der Waals surface area contributed by atoms with Crippen LogP contribution in [0.15, 0.2) is 48.5 Å². The van der Waals surface area contributed by atoms with Crippen LogP contribution in [0, 0.1) is 0 Å². The van der Waals surface area contributed by atoms with Crippen LogP contribution in [0.4, 0.5) is 0 Å². The first-order valence-electron chi connectivity index (χ1n) is 5.39. The zero-order chi connectivity index (χ0) is 11.7. The Labute approximate surface area is 98.1 Å². The van der Waals surface area contributed by atoms with Gasteiger partial charge < -0.3 is 5.11 Å². The second-order valence-corrected chi connectivity index (χ2v) is 3.81. The highest BCUT2D eigenvalue weighted by atomic mass is 16.3. The van der Waals surface area contributed by atoms with Crippen LogP contribution in [0.25, 0.3) is 16.7 Å². The third-order valence-electron chi connectivity index (χ3n) is 2.61. The fourth-order valence-electron chi connectivity index (χ4n) is 1.75. The first-order chi connectivity index (χ1) is 8.36. The summed E-state index contributed by atoms with van der Waals surface area (Å²) in [6.45, 7) is 0.0224. The normalized spacial score (nSPS) is 10.9. The first kappa shape index (κ1) is 9.99. The van der Waals surface area contributed by atoms with Crippen molar-refractivity contribution in [1.82, 2.24) is 15.0 Å². The van der Waals surface area contributed by atoms with Crippen molar-refractivity contribution in [2.45, 2.75) is 6.61 Å². The van der Waals surface area contributed by atoms with E-state index in [0.717, 1.165) is 22.3 Å². The van der Waals surface area contributed by atoms with E-state index in [2.05, 4.69) is 10.2 Å². The van der Waals surface area contributed by atoms with E-state index < -0.39 is 0 Å². The molecule has 1 heterocycles. The zero-order valence-corrected chi connectivity index (χ0v) is 9.11. The number of hydrogen-bond acceptors (Lipinski definition) is 3. The standard InChI is InChI=1S/C13H11N3O/c17-9-10-4-3-5-11(8-10)16-14-12-6-1-2-7-13(12)15-16/h1-8,17H,9H2. The molecule has 1 N–H and O–H groups in total. The second kappa shape index (κ2) is 3.99. The maximum Gasteiger partial charge on any atom is 0.113 e. The highest BCUT2D eigenvalue weighted by molar-refractivity contribution is 5.73. The molecule has 0 aliphatic rings. The lowest BCUT2D eigenvalue weighted by Gasteiger charge is -2.01. The van der Waals surface area contributed by atoms with Gasteiger partial charge in [0, 0.05) is 0 Å².